The molecule has 16 heavy (non-hydrogen) atoms. The van der Waals surface area contributed by atoms with Gasteiger partial charge in [-0.15, -0.1) is 0 Å². The summed E-state index contributed by atoms with van der Waals surface area (Å²) in [4.78, 5) is 0. The van der Waals surface area contributed by atoms with Crippen molar-refractivity contribution in [3.8, 4) is 0 Å². The monoisotopic (exact) mass is 229 g/mol. The lowest BCUT2D eigenvalue weighted by Crippen LogP contribution is -2.28. The fourth-order valence-electron chi connectivity index (χ4n) is 2.36. The van der Waals surface area contributed by atoms with Gasteiger partial charge < -0.3 is 14.8 Å². The maximum absolute atomic E-state index is 5.89. The first-order chi connectivity index (χ1) is 7.86. The Balaban J connectivity index is 1.95. The second-order valence-corrected chi connectivity index (χ2v) is 4.68. The van der Waals surface area contributed by atoms with E-state index >= 15 is 0 Å². The summed E-state index contributed by atoms with van der Waals surface area (Å²) < 4.78 is 10.9. The summed E-state index contributed by atoms with van der Waals surface area (Å²) in [5.74, 6) is 0.903. The van der Waals surface area contributed by atoms with Gasteiger partial charge >= 0.3 is 0 Å². The van der Waals surface area contributed by atoms with Crippen LogP contribution in [0.1, 0.15) is 39.0 Å². The van der Waals surface area contributed by atoms with Crippen LogP contribution in [-0.2, 0) is 9.47 Å². The van der Waals surface area contributed by atoms with Gasteiger partial charge in [-0.25, -0.2) is 0 Å². The fourth-order valence-corrected chi connectivity index (χ4v) is 2.36. The van der Waals surface area contributed by atoms with E-state index in [1.165, 1.54) is 32.1 Å². The molecule has 1 N–H and O–H groups in total. The number of ether oxygens (including phenoxy) is 2. The van der Waals surface area contributed by atoms with Crippen LogP contribution < -0.4 is 5.32 Å². The van der Waals surface area contributed by atoms with Gasteiger partial charge in [0.2, 0.25) is 0 Å². The van der Waals surface area contributed by atoms with E-state index in [0.717, 1.165) is 32.2 Å². The van der Waals surface area contributed by atoms with Crippen molar-refractivity contribution >= 4 is 0 Å². The molecule has 0 radical (unpaired) electrons. The molecule has 0 heterocycles. The van der Waals surface area contributed by atoms with Crippen LogP contribution in [0.3, 0.4) is 0 Å². The molecule has 1 saturated carbocycles. The highest BCUT2D eigenvalue weighted by atomic mass is 16.5. The molecule has 1 fully saturated rings. The Bertz CT molecular complexity index is 164. The van der Waals surface area contributed by atoms with Crippen molar-refractivity contribution < 1.29 is 9.47 Å². The second kappa shape index (κ2) is 8.97. The number of rotatable bonds is 8. The first kappa shape index (κ1) is 13.9. The van der Waals surface area contributed by atoms with Gasteiger partial charge in [-0.05, 0) is 18.8 Å². The lowest BCUT2D eigenvalue weighted by atomic mass is 9.85. The van der Waals surface area contributed by atoms with Crippen LogP contribution >= 0.6 is 0 Å². The zero-order valence-electron chi connectivity index (χ0n) is 10.8. The maximum Gasteiger partial charge on any atom is 0.0594 e. The van der Waals surface area contributed by atoms with Crippen molar-refractivity contribution in [1.82, 2.24) is 5.32 Å². The minimum absolute atomic E-state index is 0.517. The standard InChI is InChI=1S/C13H27NO2/c1-3-12-5-4-6-13(11-12)16-10-8-14-7-9-15-2/h12-14H,3-11H2,1-2H3. The molecule has 0 aromatic rings. The van der Waals surface area contributed by atoms with Gasteiger partial charge in [-0.3, -0.25) is 0 Å². The average Bonchev–Trinajstić information content (AvgIpc) is 2.34. The molecule has 96 valence electrons. The van der Waals surface area contributed by atoms with Gasteiger partial charge in [0.15, 0.2) is 0 Å². The predicted molar refractivity (Wildman–Crippen MR) is 66.7 cm³/mol. The van der Waals surface area contributed by atoms with Crippen LogP contribution in [-0.4, -0.2) is 39.5 Å². The molecule has 0 spiro atoms. The molecule has 0 aliphatic heterocycles. The van der Waals surface area contributed by atoms with E-state index in [9.17, 15) is 0 Å². The van der Waals surface area contributed by atoms with Crippen LogP contribution in [0.4, 0.5) is 0 Å². The molecule has 3 nitrogen and oxygen atoms in total. The summed E-state index contributed by atoms with van der Waals surface area (Å²) in [5.41, 5.74) is 0. The van der Waals surface area contributed by atoms with Crippen LogP contribution in [0.15, 0.2) is 0 Å². The summed E-state index contributed by atoms with van der Waals surface area (Å²) in [6, 6.07) is 0. The first-order valence-corrected chi connectivity index (χ1v) is 6.68. The van der Waals surface area contributed by atoms with E-state index in [-0.39, 0.29) is 0 Å². The normalized spacial score (nSPS) is 25.9. The Morgan fingerprint density at radius 3 is 2.75 bits per heavy atom. The predicted octanol–water partition coefficient (Wildman–Crippen LogP) is 2.21. The quantitative estimate of drug-likeness (QED) is 0.647. The SMILES string of the molecule is CCC1CCCC(OCCNCCOC)C1. The highest BCUT2D eigenvalue weighted by Gasteiger charge is 2.20. The third-order valence-electron chi connectivity index (χ3n) is 3.43. The molecule has 0 amide bonds. The lowest BCUT2D eigenvalue weighted by Gasteiger charge is -2.28. The van der Waals surface area contributed by atoms with Crippen molar-refractivity contribution in [3.05, 3.63) is 0 Å². The van der Waals surface area contributed by atoms with E-state index < -0.39 is 0 Å². The van der Waals surface area contributed by atoms with Crippen LogP contribution in [0.25, 0.3) is 0 Å². The third-order valence-corrected chi connectivity index (χ3v) is 3.43. The van der Waals surface area contributed by atoms with Crippen LogP contribution in [0.2, 0.25) is 0 Å². The minimum atomic E-state index is 0.517. The van der Waals surface area contributed by atoms with Crippen molar-refractivity contribution in [2.75, 3.05) is 33.4 Å². The molecule has 1 aliphatic rings. The van der Waals surface area contributed by atoms with Crippen molar-refractivity contribution in [1.29, 1.82) is 0 Å². The lowest BCUT2D eigenvalue weighted by molar-refractivity contribution is 0.0139. The Hall–Kier alpha value is -0.120. The van der Waals surface area contributed by atoms with Crippen molar-refractivity contribution in [3.63, 3.8) is 0 Å². The number of nitrogens with one attached hydrogen (secondary N) is 1. The van der Waals surface area contributed by atoms with Gasteiger partial charge in [-0.2, -0.15) is 0 Å². The van der Waals surface area contributed by atoms with Crippen LogP contribution in [0, 0.1) is 5.92 Å². The van der Waals surface area contributed by atoms with E-state index in [4.69, 9.17) is 9.47 Å². The van der Waals surface area contributed by atoms with Gasteiger partial charge in [-0.1, -0.05) is 26.2 Å². The summed E-state index contributed by atoms with van der Waals surface area (Å²) in [7, 11) is 1.73. The molecular formula is C13H27NO2. The molecule has 0 saturated heterocycles. The van der Waals surface area contributed by atoms with Crippen LogP contribution in [0.5, 0.6) is 0 Å². The number of hydrogen-bond donors (Lipinski definition) is 1. The van der Waals surface area contributed by atoms with Gasteiger partial charge in [0, 0.05) is 20.2 Å². The minimum Gasteiger partial charge on any atom is -0.383 e. The summed E-state index contributed by atoms with van der Waals surface area (Å²) in [5, 5.41) is 3.30. The third kappa shape index (κ3) is 5.83. The zero-order chi connectivity index (χ0) is 11.6. The molecule has 2 atom stereocenters. The van der Waals surface area contributed by atoms with E-state index in [2.05, 4.69) is 12.2 Å². The molecule has 0 aromatic heterocycles. The van der Waals surface area contributed by atoms with Crippen molar-refractivity contribution in [2.24, 2.45) is 5.92 Å². The molecule has 2 unspecified atom stereocenters. The highest BCUT2D eigenvalue weighted by molar-refractivity contribution is 4.72. The first-order valence-electron chi connectivity index (χ1n) is 6.68. The summed E-state index contributed by atoms with van der Waals surface area (Å²) >= 11 is 0. The highest BCUT2D eigenvalue weighted by Crippen LogP contribution is 2.28. The topological polar surface area (TPSA) is 30.5 Å². The largest absolute Gasteiger partial charge is 0.383 e. The zero-order valence-corrected chi connectivity index (χ0v) is 10.8. The molecule has 1 rings (SSSR count). The number of methoxy groups -OCH3 is 1. The van der Waals surface area contributed by atoms with E-state index in [1.807, 2.05) is 0 Å². The van der Waals surface area contributed by atoms with Gasteiger partial charge in [0.25, 0.3) is 0 Å². The summed E-state index contributed by atoms with van der Waals surface area (Å²) in [6.45, 7) is 5.77. The van der Waals surface area contributed by atoms with Crippen molar-refractivity contribution in [2.45, 2.75) is 45.1 Å². The molecular weight excluding hydrogens is 202 g/mol. The Kier molecular flexibility index (Phi) is 7.81. The summed E-state index contributed by atoms with van der Waals surface area (Å²) in [6.07, 6.45) is 7.11. The molecule has 0 bridgehead atoms. The van der Waals surface area contributed by atoms with Gasteiger partial charge in [0.1, 0.15) is 0 Å². The maximum atomic E-state index is 5.89. The Morgan fingerprint density at radius 1 is 1.19 bits per heavy atom. The van der Waals surface area contributed by atoms with Gasteiger partial charge in [0.05, 0.1) is 19.3 Å². The molecule has 1 aliphatic carbocycles. The smallest absolute Gasteiger partial charge is 0.0594 e. The van der Waals surface area contributed by atoms with E-state index in [1.54, 1.807) is 7.11 Å². The second-order valence-electron chi connectivity index (χ2n) is 4.68. The average molecular weight is 229 g/mol. The Labute approximate surface area is 99.9 Å². The number of hydrogen-bond acceptors (Lipinski definition) is 3. The molecule has 0 aromatic carbocycles. The van der Waals surface area contributed by atoms with E-state index in [0.29, 0.717) is 6.10 Å². The Morgan fingerprint density at radius 2 is 2.00 bits per heavy atom. The molecule has 3 heteroatoms. The fraction of sp³-hybridized carbons (Fsp3) is 1.00.